The maximum atomic E-state index is 13.1. The van der Waals surface area contributed by atoms with E-state index in [-0.39, 0.29) is 17.9 Å². The second-order valence-electron chi connectivity index (χ2n) is 7.71. The summed E-state index contributed by atoms with van der Waals surface area (Å²) in [5, 5.41) is 0. The molecule has 26 heavy (non-hydrogen) atoms. The highest BCUT2D eigenvalue weighted by Gasteiger charge is 2.38. The number of hydrogen-bond acceptors (Lipinski definition) is 4. The fourth-order valence-electron chi connectivity index (χ4n) is 4.50. The molecule has 0 N–H and O–H groups in total. The number of rotatable bonds is 4. The normalized spacial score (nSPS) is 30.5. The van der Waals surface area contributed by atoms with Crippen molar-refractivity contribution in [2.45, 2.75) is 43.8 Å². The quantitative estimate of drug-likeness (QED) is 0.828. The van der Waals surface area contributed by atoms with Crippen molar-refractivity contribution in [3.63, 3.8) is 0 Å². The van der Waals surface area contributed by atoms with Crippen molar-refractivity contribution in [2.24, 2.45) is 0 Å². The lowest BCUT2D eigenvalue weighted by Crippen LogP contribution is -2.43. The molecule has 0 saturated carbocycles. The second kappa shape index (κ2) is 8.51. The maximum absolute atomic E-state index is 13.1. The molecule has 3 fully saturated rings. The van der Waals surface area contributed by atoms with E-state index < -0.39 is 0 Å². The lowest BCUT2D eigenvalue weighted by atomic mass is 9.92. The SMILES string of the molecule is O=C([C@@H]1OCC[C@@H]1c1ccccc1)N1CCCN(CC2CCCO2)CC1. The molecule has 3 atom stereocenters. The minimum atomic E-state index is -0.317. The van der Waals surface area contributed by atoms with Gasteiger partial charge in [0.05, 0.1) is 6.10 Å². The lowest BCUT2D eigenvalue weighted by molar-refractivity contribution is -0.141. The van der Waals surface area contributed by atoms with E-state index in [0.717, 1.165) is 52.2 Å². The van der Waals surface area contributed by atoms with Gasteiger partial charge in [0.15, 0.2) is 0 Å². The van der Waals surface area contributed by atoms with Gasteiger partial charge in [-0.3, -0.25) is 9.69 Å². The Bertz CT molecular complexity index is 588. The standard InChI is InChI=1S/C21H30N2O3/c24-21(20-19(9-15-26-20)17-6-2-1-3-7-17)23-11-5-10-22(12-13-23)16-18-8-4-14-25-18/h1-3,6-7,18-20H,4-5,8-16H2/t18?,19-,20-/m1/s1. The molecule has 3 aliphatic rings. The van der Waals surface area contributed by atoms with Gasteiger partial charge in [0.2, 0.25) is 0 Å². The molecule has 5 nitrogen and oxygen atoms in total. The average Bonchev–Trinajstić information content (AvgIpc) is 3.31. The summed E-state index contributed by atoms with van der Waals surface area (Å²) in [6, 6.07) is 10.3. The first-order chi connectivity index (χ1) is 12.8. The molecule has 0 aliphatic carbocycles. The molecule has 0 spiro atoms. The third-order valence-electron chi connectivity index (χ3n) is 5.95. The van der Waals surface area contributed by atoms with E-state index in [1.165, 1.54) is 18.4 Å². The van der Waals surface area contributed by atoms with Gasteiger partial charge in [-0.2, -0.15) is 0 Å². The molecule has 5 heteroatoms. The molecule has 0 radical (unpaired) electrons. The van der Waals surface area contributed by atoms with E-state index in [2.05, 4.69) is 17.0 Å². The van der Waals surface area contributed by atoms with Crippen molar-refractivity contribution < 1.29 is 14.3 Å². The molecule has 1 unspecified atom stereocenters. The predicted octanol–water partition coefficient (Wildman–Crippen LogP) is 2.27. The molecule has 1 aromatic carbocycles. The summed E-state index contributed by atoms with van der Waals surface area (Å²) >= 11 is 0. The maximum Gasteiger partial charge on any atom is 0.252 e. The second-order valence-corrected chi connectivity index (χ2v) is 7.71. The molecule has 4 rings (SSSR count). The van der Waals surface area contributed by atoms with E-state index in [4.69, 9.17) is 9.47 Å². The molecule has 3 heterocycles. The van der Waals surface area contributed by atoms with Crippen molar-refractivity contribution in [1.82, 2.24) is 9.80 Å². The number of carbonyl (C=O) groups is 1. The summed E-state index contributed by atoms with van der Waals surface area (Å²) in [6.45, 7) is 6.22. The Morgan fingerprint density at radius 2 is 1.85 bits per heavy atom. The molecule has 142 valence electrons. The van der Waals surface area contributed by atoms with Crippen molar-refractivity contribution in [3.8, 4) is 0 Å². The Hall–Kier alpha value is -1.43. The molecule has 0 aromatic heterocycles. The molecule has 1 aromatic rings. The molecular weight excluding hydrogens is 328 g/mol. The van der Waals surface area contributed by atoms with Gasteiger partial charge in [0.1, 0.15) is 6.10 Å². The van der Waals surface area contributed by atoms with E-state index in [1.807, 2.05) is 23.1 Å². The first-order valence-corrected chi connectivity index (χ1v) is 10.1. The zero-order chi connectivity index (χ0) is 17.8. The van der Waals surface area contributed by atoms with Gasteiger partial charge in [-0.15, -0.1) is 0 Å². The van der Waals surface area contributed by atoms with Crippen LogP contribution in [0.5, 0.6) is 0 Å². The monoisotopic (exact) mass is 358 g/mol. The van der Waals surface area contributed by atoms with E-state index in [1.54, 1.807) is 0 Å². The van der Waals surface area contributed by atoms with Crippen LogP contribution in [0.2, 0.25) is 0 Å². The summed E-state index contributed by atoms with van der Waals surface area (Å²) in [5.41, 5.74) is 1.22. The number of ether oxygens (including phenoxy) is 2. The van der Waals surface area contributed by atoms with Crippen LogP contribution in [0.1, 0.15) is 37.2 Å². The third kappa shape index (κ3) is 4.11. The predicted molar refractivity (Wildman–Crippen MR) is 100 cm³/mol. The average molecular weight is 358 g/mol. The first-order valence-electron chi connectivity index (χ1n) is 10.1. The van der Waals surface area contributed by atoms with Crippen LogP contribution in [0.3, 0.4) is 0 Å². The number of carbonyl (C=O) groups excluding carboxylic acids is 1. The van der Waals surface area contributed by atoms with E-state index in [0.29, 0.717) is 12.7 Å². The van der Waals surface area contributed by atoms with Crippen LogP contribution in [-0.4, -0.2) is 73.9 Å². The van der Waals surface area contributed by atoms with Crippen LogP contribution in [0.25, 0.3) is 0 Å². The highest BCUT2D eigenvalue weighted by atomic mass is 16.5. The van der Waals surface area contributed by atoms with Crippen molar-refractivity contribution in [1.29, 1.82) is 0 Å². The van der Waals surface area contributed by atoms with E-state index >= 15 is 0 Å². The Balaban J connectivity index is 1.35. The summed E-state index contributed by atoms with van der Waals surface area (Å²) in [4.78, 5) is 17.6. The van der Waals surface area contributed by atoms with Crippen molar-refractivity contribution in [3.05, 3.63) is 35.9 Å². The fraction of sp³-hybridized carbons (Fsp3) is 0.667. The topological polar surface area (TPSA) is 42.0 Å². The minimum Gasteiger partial charge on any atom is -0.377 e. The molecule has 3 aliphatic heterocycles. The van der Waals surface area contributed by atoms with Crippen LogP contribution in [-0.2, 0) is 14.3 Å². The van der Waals surface area contributed by atoms with Crippen LogP contribution < -0.4 is 0 Å². The highest BCUT2D eigenvalue weighted by Crippen LogP contribution is 2.32. The summed E-state index contributed by atoms with van der Waals surface area (Å²) in [6.07, 6.45) is 4.39. The van der Waals surface area contributed by atoms with Gasteiger partial charge >= 0.3 is 0 Å². The van der Waals surface area contributed by atoms with Gasteiger partial charge in [-0.1, -0.05) is 30.3 Å². The van der Waals surface area contributed by atoms with Crippen LogP contribution >= 0.6 is 0 Å². The summed E-state index contributed by atoms with van der Waals surface area (Å²) < 4.78 is 11.7. The fourth-order valence-corrected chi connectivity index (χ4v) is 4.50. The van der Waals surface area contributed by atoms with Crippen LogP contribution in [0.15, 0.2) is 30.3 Å². The van der Waals surface area contributed by atoms with Crippen molar-refractivity contribution >= 4 is 5.91 Å². The zero-order valence-corrected chi connectivity index (χ0v) is 15.5. The number of nitrogens with zero attached hydrogens (tertiary/aromatic N) is 2. The largest absolute Gasteiger partial charge is 0.377 e. The molecular formula is C21H30N2O3. The Morgan fingerprint density at radius 3 is 2.65 bits per heavy atom. The molecule has 1 amide bonds. The Morgan fingerprint density at radius 1 is 0.962 bits per heavy atom. The zero-order valence-electron chi connectivity index (χ0n) is 15.5. The number of benzene rings is 1. The Kier molecular flexibility index (Phi) is 5.88. The smallest absolute Gasteiger partial charge is 0.252 e. The van der Waals surface area contributed by atoms with Gasteiger partial charge in [-0.05, 0) is 37.8 Å². The van der Waals surface area contributed by atoms with Gasteiger partial charge < -0.3 is 14.4 Å². The lowest BCUT2D eigenvalue weighted by Gasteiger charge is -2.27. The number of hydrogen-bond donors (Lipinski definition) is 0. The highest BCUT2D eigenvalue weighted by molar-refractivity contribution is 5.82. The van der Waals surface area contributed by atoms with Crippen LogP contribution in [0.4, 0.5) is 0 Å². The molecule has 3 saturated heterocycles. The van der Waals surface area contributed by atoms with Crippen molar-refractivity contribution in [2.75, 3.05) is 45.9 Å². The van der Waals surface area contributed by atoms with Gasteiger partial charge in [0, 0.05) is 45.3 Å². The summed E-state index contributed by atoms with van der Waals surface area (Å²) in [5.74, 6) is 0.366. The minimum absolute atomic E-state index is 0.176. The van der Waals surface area contributed by atoms with Gasteiger partial charge in [0.25, 0.3) is 5.91 Å². The Labute approximate surface area is 156 Å². The molecule has 0 bridgehead atoms. The number of amides is 1. The summed E-state index contributed by atoms with van der Waals surface area (Å²) in [7, 11) is 0. The first kappa shape index (κ1) is 18.0. The van der Waals surface area contributed by atoms with E-state index in [9.17, 15) is 4.79 Å². The van der Waals surface area contributed by atoms with Gasteiger partial charge in [-0.25, -0.2) is 0 Å². The van der Waals surface area contributed by atoms with Crippen LogP contribution in [0, 0.1) is 0 Å². The third-order valence-corrected chi connectivity index (χ3v) is 5.95.